The summed E-state index contributed by atoms with van der Waals surface area (Å²) in [6.45, 7) is 11.2. The summed E-state index contributed by atoms with van der Waals surface area (Å²) in [5, 5.41) is 1.00. The molecule has 0 spiro atoms. The Hall–Kier alpha value is -3.12. The smallest absolute Gasteiger partial charge is 0.332 e. The monoisotopic (exact) mass is 634 g/mol. The quantitative estimate of drug-likeness (QED) is 0.146. The number of ether oxygens (including phenoxy) is 5. The van der Waals surface area contributed by atoms with Crippen molar-refractivity contribution in [1.82, 2.24) is 9.88 Å². The summed E-state index contributed by atoms with van der Waals surface area (Å²) in [5.74, 6) is -1.92. The molecule has 0 amide bonds. The van der Waals surface area contributed by atoms with E-state index in [1.165, 1.54) is 26.0 Å². The van der Waals surface area contributed by atoms with Crippen LogP contribution in [0.15, 0.2) is 36.4 Å². The van der Waals surface area contributed by atoms with Gasteiger partial charge >= 0.3 is 5.97 Å². The van der Waals surface area contributed by atoms with Crippen molar-refractivity contribution in [3.05, 3.63) is 64.9 Å². The standard InChI is InChI=1S/C34H45F3N2O6/c1-7-42-30(40)19-41-12-13-43-22(3)23(4)44-14-15-45-24-17-27(35)31(28(36)18-24)33-32-26(25-10-8-9-11-29(25)38-32)16-21(2)39(33)20-34(5,6)37/h8-11,17-18,21-23,33,38H,7,12-16,19-20H2,1-6H3/t21-,22-,23-,33-/m1/s1. The van der Waals surface area contributed by atoms with Crippen LogP contribution >= 0.6 is 0 Å². The summed E-state index contributed by atoms with van der Waals surface area (Å²) < 4.78 is 73.8. The van der Waals surface area contributed by atoms with E-state index in [0.29, 0.717) is 18.7 Å². The van der Waals surface area contributed by atoms with E-state index in [1.807, 2.05) is 49.9 Å². The maximum Gasteiger partial charge on any atom is 0.332 e. The van der Waals surface area contributed by atoms with E-state index in [4.69, 9.17) is 23.7 Å². The minimum Gasteiger partial charge on any atom is -0.491 e. The number of alkyl halides is 1. The van der Waals surface area contributed by atoms with Crippen LogP contribution in [-0.2, 0) is 30.2 Å². The number of hydrogen-bond acceptors (Lipinski definition) is 7. The molecule has 2 aromatic carbocycles. The number of nitrogens with zero attached hydrogens (tertiary/aromatic N) is 1. The number of rotatable bonds is 16. The van der Waals surface area contributed by atoms with Crippen LogP contribution in [0, 0.1) is 11.6 Å². The maximum absolute atomic E-state index is 15.8. The fourth-order valence-corrected chi connectivity index (χ4v) is 5.72. The van der Waals surface area contributed by atoms with Gasteiger partial charge in [-0.2, -0.15) is 0 Å². The normalized spacial score (nSPS) is 18.5. The van der Waals surface area contributed by atoms with Gasteiger partial charge < -0.3 is 28.7 Å². The van der Waals surface area contributed by atoms with Gasteiger partial charge in [-0.15, -0.1) is 0 Å². The van der Waals surface area contributed by atoms with Gasteiger partial charge in [0.05, 0.1) is 44.7 Å². The predicted molar refractivity (Wildman–Crippen MR) is 165 cm³/mol. The molecule has 1 N–H and O–H groups in total. The number of H-pyrrole nitrogens is 1. The number of aromatic amines is 1. The molecule has 0 radical (unpaired) electrons. The lowest BCUT2D eigenvalue weighted by Gasteiger charge is -2.43. The summed E-state index contributed by atoms with van der Waals surface area (Å²) in [7, 11) is 0. The number of fused-ring (bicyclic) bond motifs is 3. The number of nitrogens with one attached hydrogen (secondary N) is 1. The molecular formula is C34H45F3N2O6. The third-order valence-electron chi connectivity index (χ3n) is 7.93. The van der Waals surface area contributed by atoms with Crippen molar-refractivity contribution in [2.24, 2.45) is 0 Å². The zero-order valence-corrected chi connectivity index (χ0v) is 27.0. The third-order valence-corrected chi connectivity index (χ3v) is 7.93. The number of carbonyl (C=O) groups is 1. The number of esters is 1. The molecular weight excluding hydrogens is 589 g/mol. The van der Waals surface area contributed by atoms with Gasteiger partial charge in [-0.05, 0) is 59.6 Å². The largest absolute Gasteiger partial charge is 0.491 e. The molecule has 0 saturated carbocycles. The van der Waals surface area contributed by atoms with E-state index < -0.39 is 29.3 Å². The molecule has 4 atom stereocenters. The van der Waals surface area contributed by atoms with Gasteiger partial charge in [-0.3, -0.25) is 4.90 Å². The Kier molecular flexibility index (Phi) is 11.9. The molecule has 248 valence electrons. The molecule has 1 aliphatic rings. The number of para-hydroxylation sites is 1. The van der Waals surface area contributed by atoms with Crippen LogP contribution in [0.4, 0.5) is 13.2 Å². The van der Waals surface area contributed by atoms with Crippen molar-refractivity contribution in [2.45, 2.75) is 77.9 Å². The highest BCUT2D eigenvalue weighted by Crippen LogP contribution is 2.43. The Morgan fingerprint density at radius 3 is 2.33 bits per heavy atom. The van der Waals surface area contributed by atoms with Crippen LogP contribution in [-0.4, -0.2) is 86.0 Å². The summed E-state index contributed by atoms with van der Waals surface area (Å²) in [6.07, 6.45) is 0.0656. The van der Waals surface area contributed by atoms with Gasteiger partial charge in [-0.25, -0.2) is 18.0 Å². The molecule has 0 unspecified atom stereocenters. The van der Waals surface area contributed by atoms with Gasteiger partial charge in [0.25, 0.3) is 0 Å². The topological polar surface area (TPSA) is 82.3 Å². The van der Waals surface area contributed by atoms with Crippen molar-refractivity contribution in [3.63, 3.8) is 0 Å². The molecule has 45 heavy (non-hydrogen) atoms. The van der Waals surface area contributed by atoms with E-state index in [1.54, 1.807) is 6.92 Å². The van der Waals surface area contributed by atoms with Crippen LogP contribution < -0.4 is 4.74 Å². The number of benzene rings is 2. The molecule has 0 fully saturated rings. The van der Waals surface area contributed by atoms with E-state index >= 15 is 13.2 Å². The molecule has 4 rings (SSSR count). The van der Waals surface area contributed by atoms with E-state index in [-0.39, 0.29) is 69.1 Å². The van der Waals surface area contributed by atoms with Crippen LogP contribution in [0.3, 0.4) is 0 Å². The van der Waals surface area contributed by atoms with Gasteiger partial charge in [0, 0.05) is 46.9 Å². The Bertz CT molecular complexity index is 1400. The fraction of sp³-hybridized carbons (Fsp3) is 0.559. The van der Waals surface area contributed by atoms with Crippen LogP contribution in [0.25, 0.3) is 10.9 Å². The number of halogens is 3. The summed E-state index contributed by atoms with van der Waals surface area (Å²) >= 11 is 0. The van der Waals surface area contributed by atoms with Gasteiger partial charge in [0.2, 0.25) is 0 Å². The second-order valence-electron chi connectivity index (χ2n) is 12.1. The molecule has 1 aliphatic heterocycles. The molecule has 8 nitrogen and oxygen atoms in total. The minimum atomic E-state index is -1.58. The Morgan fingerprint density at radius 1 is 1.04 bits per heavy atom. The van der Waals surface area contributed by atoms with Crippen molar-refractivity contribution >= 4 is 16.9 Å². The van der Waals surface area contributed by atoms with Crippen molar-refractivity contribution < 1.29 is 41.7 Å². The highest BCUT2D eigenvalue weighted by Gasteiger charge is 2.41. The Labute approximate surface area is 263 Å². The van der Waals surface area contributed by atoms with E-state index in [2.05, 4.69) is 4.98 Å². The molecule has 11 heteroatoms. The lowest BCUT2D eigenvalue weighted by molar-refractivity contribution is -0.149. The lowest BCUT2D eigenvalue weighted by Crippen LogP contribution is -2.48. The Morgan fingerprint density at radius 2 is 1.69 bits per heavy atom. The highest BCUT2D eigenvalue weighted by molar-refractivity contribution is 5.85. The summed E-state index contributed by atoms with van der Waals surface area (Å²) in [4.78, 5) is 16.5. The number of carbonyl (C=O) groups excluding carboxylic acids is 1. The first-order valence-electron chi connectivity index (χ1n) is 15.5. The first-order chi connectivity index (χ1) is 21.4. The molecule has 0 aliphatic carbocycles. The van der Waals surface area contributed by atoms with Gasteiger partial charge in [0.1, 0.15) is 36.3 Å². The van der Waals surface area contributed by atoms with Crippen LogP contribution in [0.2, 0.25) is 0 Å². The zero-order valence-electron chi connectivity index (χ0n) is 27.0. The second-order valence-corrected chi connectivity index (χ2v) is 12.1. The molecule has 0 saturated heterocycles. The van der Waals surface area contributed by atoms with Crippen molar-refractivity contribution in [3.8, 4) is 5.75 Å². The highest BCUT2D eigenvalue weighted by atomic mass is 19.1. The number of aromatic nitrogens is 1. The van der Waals surface area contributed by atoms with Crippen LogP contribution in [0.1, 0.15) is 64.4 Å². The first-order valence-corrected chi connectivity index (χ1v) is 15.5. The van der Waals surface area contributed by atoms with E-state index in [9.17, 15) is 4.79 Å². The van der Waals surface area contributed by atoms with Gasteiger partial charge in [-0.1, -0.05) is 18.2 Å². The average molecular weight is 635 g/mol. The van der Waals surface area contributed by atoms with Crippen molar-refractivity contribution in [1.29, 1.82) is 0 Å². The number of hydrogen-bond donors (Lipinski definition) is 1. The average Bonchev–Trinajstić information content (AvgIpc) is 3.33. The molecule has 1 aromatic heterocycles. The summed E-state index contributed by atoms with van der Waals surface area (Å²) in [6, 6.07) is 9.10. The maximum atomic E-state index is 15.8. The van der Waals surface area contributed by atoms with Crippen molar-refractivity contribution in [2.75, 3.05) is 46.2 Å². The van der Waals surface area contributed by atoms with E-state index in [0.717, 1.165) is 16.5 Å². The second kappa shape index (κ2) is 15.4. The van der Waals surface area contributed by atoms with Crippen LogP contribution in [0.5, 0.6) is 5.75 Å². The molecule has 0 bridgehead atoms. The third kappa shape index (κ3) is 9.00. The molecule has 2 heterocycles. The minimum absolute atomic E-state index is 0.00302. The SMILES string of the molecule is CCOC(=O)COCCO[C@H](C)[C@@H](C)OCCOc1cc(F)c([C@@H]2c3[nH]c4ccccc4c3C[C@@H](C)N2CC(C)(C)F)c(F)c1. The molecule has 3 aromatic rings. The summed E-state index contributed by atoms with van der Waals surface area (Å²) in [5.41, 5.74) is 0.813. The predicted octanol–water partition coefficient (Wildman–Crippen LogP) is 6.30. The lowest BCUT2D eigenvalue weighted by atomic mass is 9.87. The van der Waals surface area contributed by atoms with Gasteiger partial charge in [0.15, 0.2) is 0 Å². The Balaban J connectivity index is 1.39. The zero-order chi connectivity index (χ0) is 32.7. The first kappa shape index (κ1) is 34.7. The fourth-order valence-electron chi connectivity index (χ4n) is 5.72.